The molecule has 1 fully saturated rings. The third kappa shape index (κ3) is 4.53. The molecular weight excluding hydrogens is 427 g/mol. The van der Waals surface area contributed by atoms with E-state index in [9.17, 15) is 9.18 Å². The minimum absolute atomic E-state index is 0.138. The number of aromatic nitrogens is 2. The fourth-order valence-electron chi connectivity index (χ4n) is 4.74. The Morgan fingerprint density at radius 2 is 1.47 bits per heavy atom. The van der Waals surface area contributed by atoms with Gasteiger partial charge >= 0.3 is 0 Å². The van der Waals surface area contributed by atoms with Crippen LogP contribution >= 0.6 is 0 Å². The number of nitrogens with zero attached hydrogens (tertiary/aromatic N) is 4. The predicted octanol–water partition coefficient (Wildman–Crippen LogP) is 5.23. The molecule has 174 valence electrons. The molecule has 0 radical (unpaired) electrons. The topological polar surface area (TPSA) is 40.9 Å². The van der Waals surface area contributed by atoms with E-state index in [0.29, 0.717) is 12.8 Å². The summed E-state index contributed by atoms with van der Waals surface area (Å²) in [6.07, 6.45) is 3.08. The lowest BCUT2D eigenvalue weighted by molar-refractivity contribution is 0.0984. The molecule has 6 heteroatoms. The number of aryl methyl sites for hydroxylation is 3. The Hall–Kier alpha value is -3.67. The number of anilines is 2. The van der Waals surface area contributed by atoms with Gasteiger partial charge in [-0.25, -0.2) is 8.91 Å². The van der Waals surface area contributed by atoms with Gasteiger partial charge in [-0.1, -0.05) is 12.1 Å². The summed E-state index contributed by atoms with van der Waals surface area (Å²) in [5.41, 5.74) is 6.95. The Kier molecular flexibility index (Phi) is 6.05. The van der Waals surface area contributed by atoms with Gasteiger partial charge in [0.2, 0.25) is 0 Å². The minimum atomic E-state index is -0.201. The first kappa shape index (κ1) is 22.1. The number of ketones is 1. The molecule has 34 heavy (non-hydrogen) atoms. The van der Waals surface area contributed by atoms with Gasteiger partial charge in [-0.05, 0) is 79.9 Å². The lowest BCUT2D eigenvalue weighted by Gasteiger charge is -2.37. The van der Waals surface area contributed by atoms with Gasteiger partial charge < -0.3 is 9.80 Å². The maximum Gasteiger partial charge on any atom is 0.167 e. The number of carbonyl (C=O) groups excluding carboxylic acids is 1. The van der Waals surface area contributed by atoms with Crippen LogP contribution in [0.5, 0.6) is 0 Å². The number of carbonyl (C=O) groups is 1. The number of hydrogen-bond donors (Lipinski definition) is 0. The zero-order chi connectivity index (χ0) is 23.7. The molecule has 0 spiro atoms. The molecule has 3 heterocycles. The van der Waals surface area contributed by atoms with Gasteiger partial charge in [0.25, 0.3) is 0 Å². The smallest absolute Gasteiger partial charge is 0.167 e. The van der Waals surface area contributed by atoms with Crippen LogP contribution in [0.1, 0.15) is 33.6 Å². The average molecular weight is 457 g/mol. The van der Waals surface area contributed by atoms with E-state index in [1.807, 2.05) is 44.3 Å². The second-order valence-corrected chi connectivity index (χ2v) is 9.03. The van der Waals surface area contributed by atoms with Crippen LogP contribution in [0.2, 0.25) is 0 Å². The number of piperazine rings is 1. The van der Waals surface area contributed by atoms with Crippen LogP contribution in [0.3, 0.4) is 0 Å². The predicted molar refractivity (Wildman–Crippen MR) is 135 cm³/mol. The monoisotopic (exact) mass is 456 g/mol. The highest BCUT2D eigenvalue weighted by Gasteiger charge is 2.19. The molecule has 0 N–H and O–H groups in total. The Labute approximate surface area is 199 Å². The van der Waals surface area contributed by atoms with E-state index in [2.05, 4.69) is 39.2 Å². The van der Waals surface area contributed by atoms with E-state index >= 15 is 0 Å². The summed E-state index contributed by atoms with van der Waals surface area (Å²) in [5.74, 6) is -0.0628. The standard InChI is InChI=1S/C28H29FN4O/c1-20-13-14-33-26(19-20)28(21(2)30-33)27(34)12-5-22-3-8-24(9-4-22)31-15-17-32(18-16-31)25-10-6-23(29)7-11-25/h3-4,6-11,13-14,19H,5,12,15-18H2,1-2H3. The van der Waals surface area contributed by atoms with Gasteiger partial charge in [0, 0.05) is 50.2 Å². The van der Waals surface area contributed by atoms with Gasteiger partial charge in [0.05, 0.1) is 16.8 Å². The molecule has 0 unspecified atom stereocenters. The minimum Gasteiger partial charge on any atom is -0.368 e. The van der Waals surface area contributed by atoms with Gasteiger partial charge in [-0.2, -0.15) is 5.10 Å². The molecule has 1 aliphatic rings. The van der Waals surface area contributed by atoms with Crippen molar-refractivity contribution < 1.29 is 9.18 Å². The van der Waals surface area contributed by atoms with Crippen molar-refractivity contribution in [2.24, 2.45) is 0 Å². The molecule has 1 saturated heterocycles. The summed E-state index contributed by atoms with van der Waals surface area (Å²) >= 11 is 0. The van der Waals surface area contributed by atoms with Crippen LogP contribution in [0.15, 0.2) is 66.9 Å². The van der Waals surface area contributed by atoms with Crippen LogP contribution in [0.4, 0.5) is 15.8 Å². The van der Waals surface area contributed by atoms with Gasteiger partial charge in [0.15, 0.2) is 5.78 Å². The van der Waals surface area contributed by atoms with Gasteiger partial charge in [0.1, 0.15) is 5.82 Å². The largest absolute Gasteiger partial charge is 0.368 e. The lowest BCUT2D eigenvalue weighted by atomic mass is 10.0. The number of benzene rings is 2. The Balaban J connectivity index is 1.18. The summed E-state index contributed by atoms with van der Waals surface area (Å²) < 4.78 is 15.0. The van der Waals surface area contributed by atoms with Crippen molar-refractivity contribution in [3.63, 3.8) is 0 Å². The van der Waals surface area contributed by atoms with E-state index in [1.165, 1.54) is 17.8 Å². The number of fused-ring (bicyclic) bond motifs is 1. The highest BCUT2D eigenvalue weighted by molar-refractivity contribution is 6.03. The number of rotatable bonds is 6. The molecule has 5 rings (SSSR count). The molecular formula is C28H29FN4O. The van der Waals surface area contributed by atoms with E-state index in [1.54, 1.807) is 4.52 Å². The van der Waals surface area contributed by atoms with Crippen molar-refractivity contribution in [1.82, 2.24) is 9.61 Å². The van der Waals surface area contributed by atoms with Crippen LogP contribution < -0.4 is 9.80 Å². The third-order valence-electron chi connectivity index (χ3n) is 6.66. The van der Waals surface area contributed by atoms with Crippen molar-refractivity contribution >= 4 is 22.7 Å². The van der Waals surface area contributed by atoms with E-state index in [4.69, 9.17) is 0 Å². The second-order valence-electron chi connectivity index (χ2n) is 9.03. The zero-order valence-electron chi connectivity index (χ0n) is 19.7. The number of halogens is 1. The molecule has 0 atom stereocenters. The average Bonchev–Trinajstić information content (AvgIpc) is 3.18. The van der Waals surface area contributed by atoms with Crippen LogP contribution in [-0.4, -0.2) is 41.6 Å². The lowest BCUT2D eigenvalue weighted by Crippen LogP contribution is -2.46. The summed E-state index contributed by atoms with van der Waals surface area (Å²) in [5, 5.41) is 4.49. The molecule has 0 aliphatic carbocycles. The molecule has 2 aromatic heterocycles. The molecule has 0 bridgehead atoms. The maximum absolute atomic E-state index is 13.2. The fraction of sp³-hybridized carbons (Fsp3) is 0.286. The van der Waals surface area contributed by atoms with E-state index < -0.39 is 0 Å². The summed E-state index contributed by atoms with van der Waals surface area (Å²) in [6, 6.07) is 19.3. The quantitative estimate of drug-likeness (QED) is 0.373. The number of Topliss-reactive ketones (excluding diaryl/α,β-unsaturated/α-hetero) is 1. The van der Waals surface area contributed by atoms with Gasteiger partial charge in [-0.3, -0.25) is 4.79 Å². The fourth-order valence-corrected chi connectivity index (χ4v) is 4.74. The molecule has 4 aromatic rings. The zero-order valence-corrected chi connectivity index (χ0v) is 19.7. The van der Waals surface area contributed by atoms with Crippen molar-refractivity contribution in [3.05, 3.63) is 95.1 Å². The Morgan fingerprint density at radius 1 is 0.882 bits per heavy atom. The maximum atomic E-state index is 13.2. The Bertz CT molecular complexity index is 1300. The normalized spacial score (nSPS) is 14.1. The van der Waals surface area contributed by atoms with E-state index in [-0.39, 0.29) is 11.6 Å². The van der Waals surface area contributed by atoms with Crippen molar-refractivity contribution in [2.75, 3.05) is 36.0 Å². The first-order valence-corrected chi connectivity index (χ1v) is 11.8. The molecule has 5 nitrogen and oxygen atoms in total. The molecule has 0 saturated carbocycles. The second kappa shape index (κ2) is 9.29. The van der Waals surface area contributed by atoms with Crippen LogP contribution in [0.25, 0.3) is 5.52 Å². The number of pyridine rings is 1. The van der Waals surface area contributed by atoms with Crippen molar-refractivity contribution in [1.29, 1.82) is 0 Å². The third-order valence-corrected chi connectivity index (χ3v) is 6.66. The molecule has 0 amide bonds. The van der Waals surface area contributed by atoms with Crippen molar-refractivity contribution in [2.45, 2.75) is 26.7 Å². The summed E-state index contributed by atoms with van der Waals surface area (Å²) in [4.78, 5) is 17.7. The first-order valence-electron chi connectivity index (χ1n) is 11.8. The SMILES string of the molecule is Cc1ccn2nc(C)c(C(=O)CCc3ccc(N4CCN(c5ccc(F)cc5)CC4)cc3)c2c1. The molecule has 1 aliphatic heterocycles. The van der Waals surface area contributed by atoms with Crippen molar-refractivity contribution in [3.8, 4) is 0 Å². The Morgan fingerprint density at radius 3 is 2.09 bits per heavy atom. The van der Waals surface area contributed by atoms with Gasteiger partial charge in [-0.15, -0.1) is 0 Å². The molecule has 2 aromatic carbocycles. The number of hydrogen-bond acceptors (Lipinski definition) is 4. The highest BCUT2D eigenvalue weighted by Crippen LogP contribution is 2.23. The summed E-state index contributed by atoms with van der Waals surface area (Å²) in [7, 11) is 0. The van der Waals surface area contributed by atoms with Crippen LogP contribution in [0, 0.1) is 19.7 Å². The highest BCUT2D eigenvalue weighted by atomic mass is 19.1. The van der Waals surface area contributed by atoms with E-state index in [0.717, 1.165) is 59.8 Å². The van der Waals surface area contributed by atoms with Crippen LogP contribution in [-0.2, 0) is 6.42 Å². The first-order chi connectivity index (χ1) is 16.5. The summed E-state index contributed by atoms with van der Waals surface area (Å²) in [6.45, 7) is 7.58.